The number of aliphatic hydroxyl groups is 1. The molecule has 0 aromatic carbocycles. The summed E-state index contributed by atoms with van der Waals surface area (Å²) in [6.45, 7) is 3.00. The summed E-state index contributed by atoms with van der Waals surface area (Å²) >= 11 is 5.95. The van der Waals surface area contributed by atoms with Gasteiger partial charge in [0.05, 0.1) is 24.3 Å². The van der Waals surface area contributed by atoms with Gasteiger partial charge in [-0.05, 0) is 43.2 Å². The molecule has 7 heteroatoms. The first-order chi connectivity index (χ1) is 11.5. The molecule has 130 valence electrons. The van der Waals surface area contributed by atoms with E-state index < -0.39 is 6.10 Å². The number of halogens is 1. The Morgan fingerprint density at radius 1 is 1.38 bits per heavy atom. The van der Waals surface area contributed by atoms with Crippen LogP contribution in [0.4, 0.5) is 11.6 Å². The molecule has 4 rings (SSSR count). The molecule has 3 fully saturated rings. The number of hydrogen-bond acceptors (Lipinski definition) is 6. The van der Waals surface area contributed by atoms with Crippen LogP contribution in [0.5, 0.6) is 0 Å². The van der Waals surface area contributed by atoms with Crippen molar-refractivity contribution in [2.45, 2.75) is 38.1 Å². The van der Waals surface area contributed by atoms with Crippen molar-refractivity contribution in [2.24, 2.45) is 22.7 Å². The number of nitrogen functional groups attached to an aromatic ring is 1. The molecule has 2 aliphatic heterocycles. The Labute approximate surface area is 146 Å². The maximum atomic E-state index is 9.80. The zero-order valence-corrected chi connectivity index (χ0v) is 14.3. The summed E-state index contributed by atoms with van der Waals surface area (Å²) in [4.78, 5) is 8.73. The maximum Gasteiger partial charge on any atom is 0.156 e. The lowest BCUT2D eigenvalue weighted by Gasteiger charge is -2.15. The van der Waals surface area contributed by atoms with Crippen LogP contribution >= 0.6 is 11.6 Å². The number of rotatable bonds is 4. The lowest BCUT2D eigenvalue weighted by Crippen LogP contribution is -2.29. The summed E-state index contributed by atoms with van der Waals surface area (Å²) < 4.78 is 11.4. The van der Waals surface area contributed by atoms with Crippen molar-refractivity contribution in [1.29, 1.82) is 0 Å². The summed E-state index contributed by atoms with van der Waals surface area (Å²) in [6, 6.07) is 1.79. The fourth-order valence-corrected chi connectivity index (χ4v) is 3.96. The predicted octanol–water partition coefficient (Wildman–Crippen LogP) is 2.13. The van der Waals surface area contributed by atoms with Gasteiger partial charge in [-0.15, -0.1) is 0 Å². The largest absolute Gasteiger partial charge is 0.388 e. The first kappa shape index (κ1) is 16.3. The van der Waals surface area contributed by atoms with Crippen molar-refractivity contribution in [2.75, 3.05) is 18.9 Å². The second-order valence-corrected chi connectivity index (χ2v) is 7.50. The van der Waals surface area contributed by atoms with Crippen molar-refractivity contribution in [3.8, 4) is 0 Å². The van der Waals surface area contributed by atoms with Crippen LogP contribution in [0.2, 0.25) is 5.02 Å². The number of nitrogens with two attached hydrogens (primary N) is 1. The van der Waals surface area contributed by atoms with E-state index in [-0.39, 0.29) is 12.2 Å². The van der Waals surface area contributed by atoms with Crippen LogP contribution in [-0.2, 0) is 9.47 Å². The van der Waals surface area contributed by atoms with Crippen LogP contribution in [-0.4, -0.2) is 47.8 Å². The van der Waals surface area contributed by atoms with Gasteiger partial charge in [-0.3, -0.25) is 0 Å². The molecule has 0 bridgehead atoms. The van der Waals surface area contributed by atoms with Crippen molar-refractivity contribution in [1.82, 2.24) is 4.98 Å². The molecule has 6 nitrogen and oxygen atoms in total. The monoisotopic (exact) mass is 351 g/mol. The number of aromatic nitrogens is 1. The molecular formula is C17H22ClN3O3. The second-order valence-electron chi connectivity index (χ2n) is 7.09. The van der Waals surface area contributed by atoms with E-state index in [1.807, 2.05) is 13.1 Å². The third-order valence-corrected chi connectivity index (χ3v) is 5.57. The molecule has 6 atom stereocenters. The minimum Gasteiger partial charge on any atom is -0.388 e. The Morgan fingerprint density at radius 2 is 2.17 bits per heavy atom. The van der Waals surface area contributed by atoms with E-state index in [2.05, 4.69) is 9.98 Å². The van der Waals surface area contributed by atoms with E-state index in [4.69, 9.17) is 26.8 Å². The zero-order valence-electron chi connectivity index (χ0n) is 13.6. The van der Waals surface area contributed by atoms with Crippen LogP contribution in [0.15, 0.2) is 11.1 Å². The topological polar surface area (TPSA) is 90.0 Å². The number of fused-ring (bicyclic) bond motifs is 1. The highest BCUT2D eigenvalue weighted by molar-refractivity contribution is 6.32. The highest BCUT2D eigenvalue weighted by atomic mass is 35.5. The molecule has 0 spiro atoms. The van der Waals surface area contributed by atoms with E-state index in [0.29, 0.717) is 47.6 Å². The van der Waals surface area contributed by atoms with Crippen LogP contribution < -0.4 is 5.73 Å². The van der Waals surface area contributed by atoms with Crippen LogP contribution in [0, 0.1) is 24.7 Å². The molecule has 0 amide bonds. The molecule has 0 radical (unpaired) electrons. The molecule has 24 heavy (non-hydrogen) atoms. The van der Waals surface area contributed by atoms with Gasteiger partial charge in [-0.1, -0.05) is 11.6 Å². The molecule has 3 heterocycles. The third kappa shape index (κ3) is 3.04. The molecule has 1 aliphatic carbocycles. The fraction of sp³-hybridized carbons (Fsp3) is 0.647. The number of pyridine rings is 1. The normalized spacial score (nSPS) is 38.0. The fourth-order valence-electron chi connectivity index (χ4n) is 3.76. The number of aliphatic hydroxyl groups excluding tert-OH is 1. The molecule has 1 aromatic heterocycles. The zero-order chi connectivity index (χ0) is 16.8. The standard InChI is InChI=1S/C17H22ClN3O3/c1-8-2-12(18)16(19)21-17(8)20-5-10-3-9(10)4-11-6-23-15-13(22)7-24-14(11)15/h2,5,9-11,13-15,22H,3-4,6-7H2,1H3,(H2,19,21)/b20-5-/t9?,10?,11?,13?,14-,15-/m1/s1. The minimum absolute atomic E-state index is 0.0539. The van der Waals surface area contributed by atoms with Gasteiger partial charge in [0.25, 0.3) is 0 Å². The van der Waals surface area contributed by atoms with E-state index in [0.717, 1.165) is 18.4 Å². The summed E-state index contributed by atoms with van der Waals surface area (Å²) in [5, 5.41) is 10.3. The molecule has 4 unspecified atom stereocenters. The van der Waals surface area contributed by atoms with Crippen molar-refractivity contribution in [3.63, 3.8) is 0 Å². The van der Waals surface area contributed by atoms with Gasteiger partial charge in [0, 0.05) is 12.1 Å². The predicted molar refractivity (Wildman–Crippen MR) is 91.7 cm³/mol. The molecule has 3 aliphatic rings. The maximum absolute atomic E-state index is 9.80. The molecule has 1 aromatic rings. The van der Waals surface area contributed by atoms with Gasteiger partial charge in [-0.2, -0.15) is 0 Å². The number of ether oxygens (including phenoxy) is 2. The number of nitrogens with zero attached hydrogens (tertiary/aromatic N) is 2. The van der Waals surface area contributed by atoms with Gasteiger partial charge in [-0.25, -0.2) is 9.98 Å². The van der Waals surface area contributed by atoms with E-state index in [9.17, 15) is 5.11 Å². The van der Waals surface area contributed by atoms with Crippen molar-refractivity contribution in [3.05, 3.63) is 16.7 Å². The number of aliphatic imine (C=N–C) groups is 1. The Kier molecular flexibility index (Phi) is 4.24. The Balaban J connectivity index is 1.34. The third-order valence-electron chi connectivity index (χ3n) is 5.27. The van der Waals surface area contributed by atoms with Gasteiger partial charge in [0.15, 0.2) is 5.82 Å². The highest BCUT2D eigenvalue weighted by Gasteiger charge is 2.49. The molecule has 1 saturated carbocycles. The SMILES string of the molecule is Cc1cc(Cl)c(N)nc1/N=C\C1CC1CC1CO[C@@H]2C(O)CO[C@H]12. The van der Waals surface area contributed by atoms with E-state index >= 15 is 0 Å². The van der Waals surface area contributed by atoms with Crippen molar-refractivity contribution < 1.29 is 14.6 Å². The van der Waals surface area contributed by atoms with Crippen LogP contribution in [0.1, 0.15) is 18.4 Å². The van der Waals surface area contributed by atoms with Crippen molar-refractivity contribution >= 4 is 29.5 Å². The Hall–Kier alpha value is -1.21. The Morgan fingerprint density at radius 3 is 3.00 bits per heavy atom. The molecule has 3 N–H and O–H groups in total. The lowest BCUT2D eigenvalue weighted by atomic mass is 9.95. The first-order valence-corrected chi connectivity index (χ1v) is 8.79. The van der Waals surface area contributed by atoms with Gasteiger partial charge in [0.2, 0.25) is 0 Å². The van der Waals surface area contributed by atoms with Crippen LogP contribution in [0.3, 0.4) is 0 Å². The molecule has 2 saturated heterocycles. The quantitative estimate of drug-likeness (QED) is 0.811. The van der Waals surface area contributed by atoms with Gasteiger partial charge < -0.3 is 20.3 Å². The average molecular weight is 352 g/mol. The molecular weight excluding hydrogens is 330 g/mol. The summed E-state index contributed by atoms with van der Waals surface area (Å²) in [6.07, 6.45) is 3.61. The summed E-state index contributed by atoms with van der Waals surface area (Å²) in [7, 11) is 0. The highest BCUT2D eigenvalue weighted by Crippen LogP contribution is 2.46. The van der Waals surface area contributed by atoms with Crippen LogP contribution in [0.25, 0.3) is 0 Å². The average Bonchev–Trinajstić information content (AvgIpc) is 2.98. The summed E-state index contributed by atoms with van der Waals surface area (Å²) in [5.41, 5.74) is 6.66. The Bertz CT molecular complexity index is 669. The lowest BCUT2D eigenvalue weighted by molar-refractivity contribution is 0.0165. The van der Waals surface area contributed by atoms with E-state index in [1.165, 1.54) is 0 Å². The second kappa shape index (κ2) is 6.26. The van der Waals surface area contributed by atoms with Gasteiger partial charge in [0.1, 0.15) is 18.0 Å². The van der Waals surface area contributed by atoms with E-state index in [1.54, 1.807) is 6.07 Å². The summed E-state index contributed by atoms with van der Waals surface area (Å²) in [5.74, 6) is 2.39. The number of aryl methyl sites for hydroxylation is 1. The number of hydrogen-bond donors (Lipinski definition) is 2. The first-order valence-electron chi connectivity index (χ1n) is 8.41. The van der Waals surface area contributed by atoms with Gasteiger partial charge >= 0.3 is 0 Å². The minimum atomic E-state index is -0.471. The smallest absolute Gasteiger partial charge is 0.156 e. The number of anilines is 1.